The van der Waals surface area contributed by atoms with Gasteiger partial charge in [-0.2, -0.15) is 0 Å². The number of rotatable bonds is 7. The van der Waals surface area contributed by atoms with Gasteiger partial charge in [0.25, 0.3) is 5.91 Å². The number of halogens is 1. The Hall–Kier alpha value is -2.80. The van der Waals surface area contributed by atoms with Crippen LogP contribution in [0, 0.1) is 6.92 Å². The van der Waals surface area contributed by atoms with E-state index in [4.69, 9.17) is 33.3 Å². The van der Waals surface area contributed by atoms with Crippen molar-refractivity contribution in [1.29, 1.82) is 0 Å². The second kappa shape index (κ2) is 10.4. The predicted octanol–water partition coefficient (Wildman–Crippen LogP) is 6.64. The molecule has 0 N–H and O–H groups in total. The molecule has 1 aliphatic rings. The van der Waals surface area contributed by atoms with Gasteiger partial charge in [0, 0.05) is 5.02 Å². The molecule has 4 nitrogen and oxygen atoms in total. The van der Waals surface area contributed by atoms with E-state index >= 15 is 0 Å². The van der Waals surface area contributed by atoms with Gasteiger partial charge in [0.1, 0.15) is 10.9 Å². The molecule has 1 fully saturated rings. The van der Waals surface area contributed by atoms with E-state index in [-0.39, 0.29) is 5.91 Å². The average molecular weight is 496 g/mol. The van der Waals surface area contributed by atoms with Crippen LogP contribution in [-0.2, 0) is 17.9 Å². The first-order valence-electron chi connectivity index (χ1n) is 10.3. The molecule has 33 heavy (non-hydrogen) atoms. The minimum Gasteiger partial charge on any atom is -0.493 e. The van der Waals surface area contributed by atoms with Gasteiger partial charge < -0.3 is 9.47 Å². The molecule has 4 rings (SSSR count). The summed E-state index contributed by atoms with van der Waals surface area (Å²) < 4.78 is 12.0. The van der Waals surface area contributed by atoms with Crippen molar-refractivity contribution in [2.24, 2.45) is 0 Å². The molecule has 0 spiro atoms. The van der Waals surface area contributed by atoms with Crippen molar-refractivity contribution in [2.75, 3.05) is 7.11 Å². The largest absolute Gasteiger partial charge is 0.493 e. The highest BCUT2D eigenvalue weighted by Gasteiger charge is 2.32. The number of benzene rings is 3. The van der Waals surface area contributed by atoms with Crippen molar-refractivity contribution < 1.29 is 14.3 Å². The van der Waals surface area contributed by atoms with Crippen LogP contribution in [0.1, 0.15) is 22.3 Å². The van der Waals surface area contributed by atoms with Crippen LogP contribution >= 0.6 is 35.6 Å². The Bertz CT molecular complexity index is 1210. The maximum atomic E-state index is 13.0. The summed E-state index contributed by atoms with van der Waals surface area (Å²) in [5.41, 5.74) is 4.06. The lowest BCUT2D eigenvalue weighted by atomic mass is 10.1. The molecule has 168 valence electrons. The van der Waals surface area contributed by atoms with Crippen molar-refractivity contribution in [1.82, 2.24) is 4.90 Å². The van der Waals surface area contributed by atoms with E-state index in [0.717, 1.165) is 16.7 Å². The minimum absolute atomic E-state index is 0.0902. The smallest absolute Gasteiger partial charge is 0.266 e. The SMILES string of the molecule is COc1cc(C=C2SC(=S)N(Cc3ccc(C)cc3)C2=O)ccc1OCc1ccc(Cl)cc1. The molecule has 1 heterocycles. The van der Waals surface area contributed by atoms with E-state index in [1.807, 2.05) is 79.7 Å². The Kier molecular flexibility index (Phi) is 7.38. The van der Waals surface area contributed by atoms with Crippen molar-refractivity contribution >= 4 is 51.9 Å². The zero-order valence-corrected chi connectivity index (χ0v) is 20.6. The average Bonchev–Trinajstić information content (AvgIpc) is 3.07. The Labute approximate surface area is 208 Å². The Morgan fingerprint density at radius 3 is 2.39 bits per heavy atom. The summed E-state index contributed by atoms with van der Waals surface area (Å²) in [4.78, 5) is 15.2. The molecule has 1 aliphatic heterocycles. The molecule has 0 saturated carbocycles. The number of hydrogen-bond acceptors (Lipinski definition) is 5. The third kappa shape index (κ3) is 5.77. The van der Waals surface area contributed by atoms with Crippen molar-refractivity contribution in [3.05, 3.63) is 98.9 Å². The minimum atomic E-state index is -0.0902. The maximum Gasteiger partial charge on any atom is 0.266 e. The van der Waals surface area contributed by atoms with Gasteiger partial charge in [0.2, 0.25) is 0 Å². The van der Waals surface area contributed by atoms with Gasteiger partial charge in [-0.3, -0.25) is 9.69 Å². The fraction of sp³-hybridized carbons (Fsp3) is 0.154. The summed E-state index contributed by atoms with van der Waals surface area (Å²) in [5, 5.41) is 0.685. The van der Waals surface area contributed by atoms with Crippen LogP contribution in [0.5, 0.6) is 11.5 Å². The van der Waals surface area contributed by atoms with Crippen LogP contribution in [0.4, 0.5) is 0 Å². The fourth-order valence-corrected chi connectivity index (χ4v) is 4.68. The number of carbonyl (C=O) groups excluding carboxylic acids is 1. The highest BCUT2D eigenvalue weighted by molar-refractivity contribution is 8.26. The van der Waals surface area contributed by atoms with Crippen LogP contribution in [0.3, 0.4) is 0 Å². The van der Waals surface area contributed by atoms with Gasteiger partial charge in [0.05, 0.1) is 18.6 Å². The normalized spacial score (nSPS) is 14.8. The summed E-state index contributed by atoms with van der Waals surface area (Å²) >= 11 is 12.7. The van der Waals surface area contributed by atoms with Crippen LogP contribution in [0.25, 0.3) is 6.08 Å². The number of aryl methyl sites for hydroxylation is 1. The summed E-state index contributed by atoms with van der Waals surface area (Å²) in [6, 6.07) is 21.2. The molecule has 1 saturated heterocycles. The number of thioether (sulfide) groups is 1. The standard InChI is InChI=1S/C26H22ClNO3S2/c1-17-3-5-18(6-4-17)15-28-25(29)24(33-26(28)32)14-20-9-12-22(23(13-20)30-2)31-16-19-7-10-21(27)11-8-19/h3-14H,15-16H2,1-2H3. The monoisotopic (exact) mass is 495 g/mol. The maximum absolute atomic E-state index is 13.0. The predicted molar refractivity (Wildman–Crippen MR) is 139 cm³/mol. The fourth-order valence-electron chi connectivity index (χ4n) is 3.30. The van der Waals surface area contributed by atoms with Crippen LogP contribution in [0.15, 0.2) is 71.6 Å². The first-order chi connectivity index (χ1) is 15.9. The molecule has 3 aromatic rings. The van der Waals surface area contributed by atoms with E-state index in [2.05, 4.69) is 0 Å². The Morgan fingerprint density at radius 2 is 1.70 bits per heavy atom. The lowest BCUT2D eigenvalue weighted by Gasteiger charge is -2.14. The number of thiocarbonyl (C=S) groups is 1. The van der Waals surface area contributed by atoms with Gasteiger partial charge in [-0.15, -0.1) is 0 Å². The van der Waals surface area contributed by atoms with Gasteiger partial charge in [0.15, 0.2) is 11.5 Å². The topological polar surface area (TPSA) is 38.8 Å². The van der Waals surface area contributed by atoms with Crippen molar-refractivity contribution in [3.63, 3.8) is 0 Å². The Morgan fingerprint density at radius 1 is 1.00 bits per heavy atom. The molecule has 0 unspecified atom stereocenters. The second-order valence-electron chi connectivity index (χ2n) is 7.58. The van der Waals surface area contributed by atoms with Crippen LogP contribution < -0.4 is 9.47 Å². The van der Waals surface area contributed by atoms with Gasteiger partial charge in [-0.25, -0.2) is 0 Å². The molecule has 0 radical (unpaired) electrons. The molecule has 0 atom stereocenters. The molecule has 0 aromatic heterocycles. The molecular weight excluding hydrogens is 474 g/mol. The van der Waals surface area contributed by atoms with Crippen LogP contribution in [0.2, 0.25) is 5.02 Å². The number of amides is 1. The summed E-state index contributed by atoms with van der Waals surface area (Å²) in [6.45, 7) is 2.89. The second-order valence-corrected chi connectivity index (χ2v) is 9.69. The number of methoxy groups -OCH3 is 1. The van der Waals surface area contributed by atoms with E-state index in [9.17, 15) is 4.79 Å². The molecule has 3 aromatic carbocycles. The lowest BCUT2D eigenvalue weighted by molar-refractivity contribution is -0.122. The van der Waals surface area contributed by atoms with E-state index in [1.54, 1.807) is 12.0 Å². The number of nitrogens with zero attached hydrogens (tertiary/aromatic N) is 1. The van der Waals surface area contributed by atoms with E-state index in [0.29, 0.717) is 38.9 Å². The summed E-state index contributed by atoms with van der Waals surface area (Å²) in [7, 11) is 1.59. The number of hydrogen-bond donors (Lipinski definition) is 0. The molecule has 7 heteroatoms. The third-order valence-corrected chi connectivity index (χ3v) is 6.76. The zero-order valence-electron chi connectivity index (χ0n) is 18.2. The summed E-state index contributed by atoms with van der Waals surface area (Å²) in [5.74, 6) is 1.12. The molecule has 0 aliphatic carbocycles. The molecule has 1 amide bonds. The van der Waals surface area contributed by atoms with Crippen molar-refractivity contribution in [3.8, 4) is 11.5 Å². The first-order valence-corrected chi connectivity index (χ1v) is 11.9. The van der Waals surface area contributed by atoms with Gasteiger partial charge >= 0.3 is 0 Å². The van der Waals surface area contributed by atoms with Gasteiger partial charge in [-0.1, -0.05) is 83.6 Å². The van der Waals surface area contributed by atoms with Gasteiger partial charge in [-0.05, 0) is 54.0 Å². The quantitative estimate of drug-likeness (QED) is 0.271. The van der Waals surface area contributed by atoms with Crippen molar-refractivity contribution in [2.45, 2.75) is 20.1 Å². The van der Waals surface area contributed by atoms with E-state index < -0.39 is 0 Å². The number of carbonyl (C=O) groups is 1. The highest BCUT2D eigenvalue weighted by Crippen LogP contribution is 2.35. The van der Waals surface area contributed by atoms with E-state index in [1.165, 1.54) is 17.3 Å². The zero-order chi connectivity index (χ0) is 23.4. The first kappa shape index (κ1) is 23.4. The van der Waals surface area contributed by atoms with Crippen LogP contribution in [-0.4, -0.2) is 22.2 Å². The molecular formula is C26H22ClNO3S2. The Balaban J connectivity index is 1.47. The highest BCUT2D eigenvalue weighted by atomic mass is 35.5. The molecule has 0 bridgehead atoms. The summed E-state index contributed by atoms with van der Waals surface area (Å²) in [6.07, 6.45) is 1.83. The third-order valence-electron chi connectivity index (χ3n) is 5.13. The lowest BCUT2D eigenvalue weighted by Crippen LogP contribution is -2.27. The number of ether oxygens (including phenoxy) is 2.